The van der Waals surface area contributed by atoms with Crippen LogP contribution in [0.15, 0.2) is 35.2 Å². The third-order valence-corrected chi connectivity index (χ3v) is 5.45. The summed E-state index contributed by atoms with van der Waals surface area (Å²) < 4.78 is 24.6. The topological polar surface area (TPSA) is 77.2 Å². The molecule has 1 aromatic carbocycles. The number of rotatable bonds is 3. The Morgan fingerprint density at radius 1 is 1.22 bits per heavy atom. The third-order valence-electron chi connectivity index (χ3n) is 3.42. The number of ketones is 1. The number of carbonyl (C=O) groups is 1. The van der Waals surface area contributed by atoms with Crippen molar-refractivity contribution < 1.29 is 13.2 Å². The molecule has 2 rings (SSSR count). The predicted octanol–water partition coefficient (Wildman–Crippen LogP) is 1.50. The summed E-state index contributed by atoms with van der Waals surface area (Å²) in [5, 5.41) is -0.982. The number of hydrogen-bond donors (Lipinski definition) is 1. The van der Waals surface area contributed by atoms with Crippen LogP contribution in [0.5, 0.6) is 0 Å². The summed E-state index contributed by atoms with van der Waals surface area (Å²) >= 11 is 0. The Bertz CT molecular complexity index is 524. The van der Waals surface area contributed by atoms with Gasteiger partial charge in [0.05, 0.1) is 4.90 Å². The third kappa shape index (κ3) is 2.62. The van der Waals surface area contributed by atoms with Gasteiger partial charge in [0.2, 0.25) is 0 Å². The summed E-state index contributed by atoms with van der Waals surface area (Å²) in [4.78, 5) is 11.6. The average Bonchev–Trinajstić information content (AvgIpc) is 2.39. The molecule has 2 atom stereocenters. The van der Waals surface area contributed by atoms with Crippen LogP contribution in [0.3, 0.4) is 0 Å². The minimum absolute atomic E-state index is 0.116. The first-order valence-electron chi connectivity index (χ1n) is 6.08. The molecule has 0 saturated heterocycles. The summed E-state index contributed by atoms with van der Waals surface area (Å²) in [6, 6.07) is 8.19. The highest BCUT2D eigenvalue weighted by Gasteiger charge is 2.34. The maximum absolute atomic E-state index is 12.3. The zero-order valence-electron chi connectivity index (χ0n) is 10.1. The van der Waals surface area contributed by atoms with Gasteiger partial charge >= 0.3 is 0 Å². The van der Waals surface area contributed by atoms with E-state index < -0.39 is 15.2 Å². The Hall–Kier alpha value is -1.20. The molecular formula is C13H17NO3S. The molecule has 18 heavy (non-hydrogen) atoms. The van der Waals surface area contributed by atoms with E-state index in [2.05, 4.69) is 0 Å². The van der Waals surface area contributed by atoms with Gasteiger partial charge < -0.3 is 5.73 Å². The normalized spacial score (nSPS) is 22.7. The van der Waals surface area contributed by atoms with E-state index in [1.165, 1.54) is 0 Å². The highest BCUT2D eigenvalue weighted by Crippen LogP contribution is 2.28. The Labute approximate surface area is 107 Å². The molecule has 0 aliphatic heterocycles. The van der Waals surface area contributed by atoms with E-state index in [0.29, 0.717) is 12.8 Å². The molecular weight excluding hydrogens is 250 g/mol. The van der Waals surface area contributed by atoms with E-state index in [1.54, 1.807) is 30.3 Å². The molecule has 0 spiro atoms. The summed E-state index contributed by atoms with van der Waals surface area (Å²) in [6.07, 6.45) is 2.28. The number of benzene rings is 1. The fourth-order valence-electron chi connectivity index (χ4n) is 2.36. The van der Waals surface area contributed by atoms with Gasteiger partial charge in [0.25, 0.3) is 0 Å². The first kappa shape index (κ1) is 13.2. The first-order chi connectivity index (χ1) is 8.51. The molecule has 1 aliphatic carbocycles. The summed E-state index contributed by atoms with van der Waals surface area (Å²) in [7, 11) is -3.54. The molecule has 0 bridgehead atoms. The van der Waals surface area contributed by atoms with Crippen molar-refractivity contribution in [2.75, 3.05) is 0 Å². The van der Waals surface area contributed by atoms with Crippen LogP contribution in [0.2, 0.25) is 0 Å². The fraction of sp³-hybridized carbons (Fsp3) is 0.462. The standard InChI is InChI=1S/C13H17NO3S/c14-13(10-5-4-6-11(15)9-10)18(16,17)12-7-2-1-3-8-12/h1-3,7-8,10,13H,4-6,9,14H2. The number of carbonyl (C=O) groups excluding carboxylic acids is 1. The lowest BCUT2D eigenvalue weighted by atomic mass is 9.88. The summed E-state index contributed by atoms with van der Waals surface area (Å²) in [6.45, 7) is 0. The van der Waals surface area contributed by atoms with Crippen LogP contribution in [0, 0.1) is 5.92 Å². The molecule has 0 aromatic heterocycles. The van der Waals surface area contributed by atoms with E-state index >= 15 is 0 Å². The second-order valence-electron chi connectivity index (χ2n) is 4.72. The molecule has 1 saturated carbocycles. The van der Waals surface area contributed by atoms with Crippen molar-refractivity contribution in [3.8, 4) is 0 Å². The lowest BCUT2D eigenvalue weighted by molar-refractivity contribution is -0.121. The van der Waals surface area contributed by atoms with E-state index in [-0.39, 0.29) is 23.0 Å². The van der Waals surface area contributed by atoms with Crippen molar-refractivity contribution in [2.45, 2.75) is 36.0 Å². The van der Waals surface area contributed by atoms with E-state index in [9.17, 15) is 13.2 Å². The van der Waals surface area contributed by atoms with Crippen LogP contribution in [-0.4, -0.2) is 19.6 Å². The number of Topliss-reactive ketones (excluding diaryl/α,β-unsaturated/α-hetero) is 1. The molecule has 0 heterocycles. The minimum atomic E-state index is -3.54. The second kappa shape index (κ2) is 5.20. The maximum atomic E-state index is 12.3. The van der Waals surface area contributed by atoms with Crippen molar-refractivity contribution in [3.63, 3.8) is 0 Å². The molecule has 0 amide bonds. The molecule has 0 radical (unpaired) electrons. The van der Waals surface area contributed by atoms with Crippen LogP contribution in [0.1, 0.15) is 25.7 Å². The Morgan fingerprint density at radius 3 is 2.50 bits per heavy atom. The van der Waals surface area contributed by atoms with Gasteiger partial charge in [-0.3, -0.25) is 4.79 Å². The highest BCUT2D eigenvalue weighted by atomic mass is 32.2. The predicted molar refractivity (Wildman–Crippen MR) is 68.6 cm³/mol. The van der Waals surface area contributed by atoms with Crippen LogP contribution in [0.4, 0.5) is 0 Å². The van der Waals surface area contributed by atoms with Crippen LogP contribution < -0.4 is 5.73 Å². The van der Waals surface area contributed by atoms with Gasteiger partial charge in [0.15, 0.2) is 9.84 Å². The molecule has 5 heteroatoms. The van der Waals surface area contributed by atoms with Crippen LogP contribution in [0.25, 0.3) is 0 Å². The second-order valence-corrected chi connectivity index (χ2v) is 6.82. The molecule has 4 nitrogen and oxygen atoms in total. The largest absolute Gasteiger partial charge is 0.315 e. The molecule has 98 valence electrons. The van der Waals surface area contributed by atoms with Crippen molar-refractivity contribution >= 4 is 15.6 Å². The van der Waals surface area contributed by atoms with Gasteiger partial charge in [-0.15, -0.1) is 0 Å². The molecule has 2 unspecified atom stereocenters. The SMILES string of the molecule is NC(C1CCCC(=O)C1)S(=O)(=O)c1ccccc1. The van der Waals surface area contributed by atoms with Gasteiger partial charge in [-0.2, -0.15) is 0 Å². The summed E-state index contributed by atoms with van der Waals surface area (Å²) in [5.74, 6) is -0.138. The quantitative estimate of drug-likeness (QED) is 0.900. The number of nitrogens with two attached hydrogens (primary N) is 1. The zero-order chi connectivity index (χ0) is 13.2. The van der Waals surface area contributed by atoms with Gasteiger partial charge in [0, 0.05) is 12.8 Å². The van der Waals surface area contributed by atoms with E-state index in [1.807, 2.05) is 0 Å². The minimum Gasteiger partial charge on any atom is -0.315 e. The van der Waals surface area contributed by atoms with Crippen LogP contribution >= 0.6 is 0 Å². The smallest absolute Gasteiger partial charge is 0.194 e. The Balaban J connectivity index is 2.22. The van der Waals surface area contributed by atoms with Crippen molar-refractivity contribution in [1.29, 1.82) is 0 Å². The van der Waals surface area contributed by atoms with E-state index in [4.69, 9.17) is 5.73 Å². The Morgan fingerprint density at radius 2 is 1.89 bits per heavy atom. The average molecular weight is 267 g/mol. The van der Waals surface area contributed by atoms with Gasteiger partial charge in [-0.05, 0) is 30.9 Å². The highest BCUT2D eigenvalue weighted by molar-refractivity contribution is 7.92. The lowest BCUT2D eigenvalue weighted by Gasteiger charge is -2.26. The van der Waals surface area contributed by atoms with Gasteiger partial charge in [0.1, 0.15) is 11.2 Å². The van der Waals surface area contributed by atoms with Gasteiger partial charge in [-0.1, -0.05) is 18.2 Å². The fourth-order valence-corrected chi connectivity index (χ4v) is 3.95. The molecule has 1 fully saturated rings. The van der Waals surface area contributed by atoms with E-state index in [0.717, 1.165) is 6.42 Å². The Kier molecular flexibility index (Phi) is 3.82. The van der Waals surface area contributed by atoms with Gasteiger partial charge in [-0.25, -0.2) is 8.42 Å². The first-order valence-corrected chi connectivity index (χ1v) is 7.62. The maximum Gasteiger partial charge on any atom is 0.194 e. The monoisotopic (exact) mass is 267 g/mol. The molecule has 2 N–H and O–H groups in total. The zero-order valence-corrected chi connectivity index (χ0v) is 10.9. The molecule has 1 aliphatic rings. The van der Waals surface area contributed by atoms with Crippen molar-refractivity contribution in [1.82, 2.24) is 0 Å². The number of hydrogen-bond acceptors (Lipinski definition) is 4. The van der Waals surface area contributed by atoms with Crippen molar-refractivity contribution in [3.05, 3.63) is 30.3 Å². The lowest BCUT2D eigenvalue weighted by Crippen LogP contribution is -2.40. The van der Waals surface area contributed by atoms with Crippen LogP contribution in [-0.2, 0) is 14.6 Å². The number of sulfone groups is 1. The summed E-state index contributed by atoms with van der Waals surface area (Å²) in [5.41, 5.74) is 5.88. The van der Waals surface area contributed by atoms with Crippen molar-refractivity contribution in [2.24, 2.45) is 11.7 Å². The molecule has 1 aromatic rings.